The number of alkyl halides is 5. The lowest BCUT2D eigenvalue weighted by atomic mass is 9.81. The van der Waals surface area contributed by atoms with E-state index in [9.17, 15) is 36.3 Å². The maximum Gasteiger partial charge on any atom is 0.410 e. The van der Waals surface area contributed by atoms with Crippen LogP contribution in [0, 0.1) is 5.92 Å². The highest BCUT2D eigenvalue weighted by Gasteiger charge is 2.48. The molecule has 1 aliphatic carbocycles. The molecule has 3 N–H and O–H groups in total. The van der Waals surface area contributed by atoms with Crippen molar-refractivity contribution in [2.24, 2.45) is 13.0 Å². The lowest BCUT2D eigenvalue weighted by Gasteiger charge is -2.33. The van der Waals surface area contributed by atoms with Crippen molar-refractivity contribution in [3.63, 3.8) is 0 Å². The molecule has 218 valence electrons. The SMILES string of the molecule is CC[C@H](c1ccnc(NC(=O)[C@H](NC(=O)c2ccnn2C)C2CCC(F)(F)CC2)c1)N1C[C@@H](C(F)(F)F)NC1=O. The van der Waals surface area contributed by atoms with Gasteiger partial charge in [0.25, 0.3) is 5.91 Å². The first-order valence-electron chi connectivity index (χ1n) is 12.9. The zero-order valence-corrected chi connectivity index (χ0v) is 21.8. The molecular weight excluding hydrogens is 541 g/mol. The van der Waals surface area contributed by atoms with Crippen molar-refractivity contribution in [1.82, 2.24) is 30.3 Å². The molecule has 3 atom stereocenters. The van der Waals surface area contributed by atoms with Gasteiger partial charge in [-0.05, 0) is 48.9 Å². The molecule has 0 spiro atoms. The maximum absolute atomic E-state index is 13.8. The fourth-order valence-corrected chi connectivity index (χ4v) is 5.18. The van der Waals surface area contributed by atoms with E-state index in [0.717, 1.165) is 4.90 Å². The number of hydrogen-bond donors (Lipinski definition) is 3. The minimum atomic E-state index is -4.60. The highest BCUT2D eigenvalue weighted by Crippen LogP contribution is 2.38. The van der Waals surface area contributed by atoms with Crippen molar-refractivity contribution >= 4 is 23.7 Å². The lowest BCUT2D eigenvalue weighted by Crippen LogP contribution is -2.50. The van der Waals surface area contributed by atoms with Gasteiger partial charge in [0.15, 0.2) is 0 Å². The van der Waals surface area contributed by atoms with Crippen LogP contribution in [0.25, 0.3) is 0 Å². The van der Waals surface area contributed by atoms with Crippen LogP contribution in [-0.2, 0) is 11.8 Å². The number of aromatic nitrogens is 3. The topological polar surface area (TPSA) is 121 Å². The molecule has 10 nitrogen and oxygen atoms in total. The third-order valence-corrected chi connectivity index (χ3v) is 7.37. The molecule has 0 radical (unpaired) electrons. The second-order valence-electron chi connectivity index (χ2n) is 10.1. The summed E-state index contributed by atoms with van der Waals surface area (Å²) in [6, 6.07) is -0.328. The minimum absolute atomic E-state index is 0.00652. The minimum Gasteiger partial charge on any atom is -0.339 e. The molecule has 4 amide bonds. The van der Waals surface area contributed by atoms with E-state index in [-0.39, 0.29) is 30.8 Å². The fourth-order valence-electron chi connectivity index (χ4n) is 5.18. The zero-order chi connectivity index (χ0) is 29.2. The van der Waals surface area contributed by atoms with Gasteiger partial charge in [-0.1, -0.05) is 6.92 Å². The second-order valence-corrected chi connectivity index (χ2v) is 10.1. The molecular formula is C25H30F5N7O3. The summed E-state index contributed by atoms with van der Waals surface area (Å²) in [5.74, 6) is -4.67. The summed E-state index contributed by atoms with van der Waals surface area (Å²) in [7, 11) is 1.54. The zero-order valence-electron chi connectivity index (χ0n) is 21.8. The van der Waals surface area contributed by atoms with E-state index < -0.39 is 73.4 Å². The molecule has 15 heteroatoms. The summed E-state index contributed by atoms with van der Waals surface area (Å²) in [5.41, 5.74) is 0.615. The van der Waals surface area contributed by atoms with Crippen LogP contribution in [0.5, 0.6) is 0 Å². The Morgan fingerprint density at radius 1 is 1.20 bits per heavy atom. The Bertz CT molecular complexity index is 1240. The molecule has 1 saturated carbocycles. The van der Waals surface area contributed by atoms with Crippen LogP contribution in [0.4, 0.5) is 32.6 Å². The lowest BCUT2D eigenvalue weighted by molar-refractivity contribution is -0.150. The Morgan fingerprint density at radius 2 is 1.90 bits per heavy atom. The molecule has 1 aliphatic heterocycles. The number of amides is 4. The van der Waals surface area contributed by atoms with Crippen LogP contribution in [0.2, 0.25) is 0 Å². The Morgan fingerprint density at radius 3 is 2.48 bits per heavy atom. The third kappa shape index (κ3) is 6.50. The molecule has 2 aliphatic rings. The standard InChI is InChI=1S/C25H30F5N7O3/c1-3-16(37-13-18(25(28,29)30)33-23(37)40)15-6-10-31-19(12-15)34-22(39)20(14-4-8-24(26,27)9-5-14)35-21(38)17-7-11-32-36(17)2/h6-7,10-12,14,16,18,20H,3-5,8-9,13H2,1-2H3,(H,33,40)(H,35,38)(H,31,34,39)/t16-,18+,20-/m1/s1. The molecule has 0 unspecified atom stereocenters. The summed E-state index contributed by atoms with van der Waals surface area (Å²) in [5, 5.41) is 11.1. The normalized spacial score (nSPS) is 21.0. The predicted octanol–water partition coefficient (Wildman–Crippen LogP) is 3.78. The number of carbonyl (C=O) groups excluding carboxylic acids is 3. The summed E-state index contributed by atoms with van der Waals surface area (Å²) >= 11 is 0. The van der Waals surface area contributed by atoms with Gasteiger partial charge in [0.05, 0.1) is 12.6 Å². The van der Waals surface area contributed by atoms with E-state index in [0.29, 0.717) is 5.56 Å². The number of nitrogens with one attached hydrogen (secondary N) is 3. The highest BCUT2D eigenvalue weighted by molar-refractivity contribution is 6.00. The Hall–Kier alpha value is -3.78. The van der Waals surface area contributed by atoms with Gasteiger partial charge >= 0.3 is 12.2 Å². The van der Waals surface area contributed by atoms with Crippen LogP contribution in [-0.4, -0.2) is 68.2 Å². The number of halogens is 5. The van der Waals surface area contributed by atoms with Gasteiger partial charge in [0.1, 0.15) is 23.6 Å². The number of carbonyl (C=O) groups is 3. The van der Waals surface area contributed by atoms with Gasteiger partial charge in [-0.15, -0.1) is 0 Å². The van der Waals surface area contributed by atoms with Crippen molar-refractivity contribution < 1.29 is 36.3 Å². The fraction of sp³-hybridized carbons (Fsp3) is 0.560. The molecule has 4 rings (SSSR count). The first-order valence-corrected chi connectivity index (χ1v) is 12.9. The summed E-state index contributed by atoms with van der Waals surface area (Å²) in [4.78, 5) is 43.8. The van der Waals surface area contributed by atoms with Crippen molar-refractivity contribution in [3.8, 4) is 0 Å². The van der Waals surface area contributed by atoms with E-state index in [1.54, 1.807) is 14.0 Å². The van der Waals surface area contributed by atoms with Gasteiger partial charge in [-0.2, -0.15) is 18.3 Å². The van der Waals surface area contributed by atoms with Crippen LogP contribution in [0.1, 0.15) is 61.1 Å². The van der Waals surface area contributed by atoms with Gasteiger partial charge in [0, 0.05) is 32.3 Å². The van der Waals surface area contributed by atoms with Crippen LogP contribution in [0.15, 0.2) is 30.6 Å². The average Bonchev–Trinajstić information content (AvgIpc) is 3.49. The van der Waals surface area contributed by atoms with Crippen molar-refractivity contribution in [2.75, 3.05) is 11.9 Å². The van der Waals surface area contributed by atoms with Gasteiger partial charge in [-0.3, -0.25) is 14.3 Å². The summed E-state index contributed by atoms with van der Waals surface area (Å²) in [6.07, 6.45) is -2.40. The van der Waals surface area contributed by atoms with E-state index in [1.807, 2.05) is 5.32 Å². The number of urea groups is 1. The van der Waals surface area contributed by atoms with E-state index in [4.69, 9.17) is 0 Å². The van der Waals surface area contributed by atoms with Gasteiger partial charge in [-0.25, -0.2) is 18.6 Å². The molecule has 0 bridgehead atoms. The molecule has 2 aromatic rings. The van der Waals surface area contributed by atoms with Crippen molar-refractivity contribution in [1.29, 1.82) is 0 Å². The monoisotopic (exact) mass is 571 g/mol. The first-order chi connectivity index (χ1) is 18.8. The molecule has 2 fully saturated rings. The maximum atomic E-state index is 13.8. The molecule has 0 aromatic carbocycles. The number of aryl methyl sites for hydroxylation is 1. The summed E-state index contributed by atoms with van der Waals surface area (Å²) < 4.78 is 68.5. The Kier molecular flexibility index (Phi) is 8.30. The third-order valence-electron chi connectivity index (χ3n) is 7.37. The Labute approximate surface area is 226 Å². The average molecular weight is 572 g/mol. The van der Waals surface area contributed by atoms with E-state index >= 15 is 0 Å². The number of pyridine rings is 1. The van der Waals surface area contributed by atoms with Crippen LogP contribution in [0.3, 0.4) is 0 Å². The molecule has 1 saturated heterocycles. The second kappa shape index (κ2) is 11.4. The van der Waals surface area contributed by atoms with Crippen molar-refractivity contribution in [3.05, 3.63) is 41.9 Å². The number of anilines is 1. The highest BCUT2D eigenvalue weighted by atomic mass is 19.4. The Balaban J connectivity index is 1.53. The number of hydrogen-bond acceptors (Lipinski definition) is 5. The number of nitrogens with zero attached hydrogens (tertiary/aromatic N) is 4. The van der Waals surface area contributed by atoms with Crippen molar-refractivity contribution in [2.45, 2.75) is 69.3 Å². The van der Waals surface area contributed by atoms with E-state index in [2.05, 4.69) is 20.7 Å². The van der Waals surface area contributed by atoms with Gasteiger partial charge in [0.2, 0.25) is 11.8 Å². The predicted molar refractivity (Wildman–Crippen MR) is 132 cm³/mol. The largest absolute Gasteiger partial charge is 0.410 e. The van der Waals surface area contributed by atoms with E-state index in [1.165, 1.54) is 35.3 Å². The summed E-state index contributed by atoms with van der Waals surface area (Å²) in [6.45, 7) is 1.14. The smallest absolute Gasteiger partial charge is 0.339 e. The number of rotatable bonds is 8. The molecule has 2 aromatic heterocycles. The quantitative estimate of drug-likeness (QED) is 0.417. The first kappa shape index (κ1) is 29.2. The van der Waals surface area contributed by atoms with Gasteiger partial charge < -0.3 is 20.9 Å². The molecule has 3 heterocycles. The van der Waals surface area contributed by atoms with Crippen LogP contribution < -0.4 is 16.0 Å². The van der Waals surface area contributed by atoms with Crippen LogP contribution >= 0.6 is 0 Å². The molecule has 40 heavy (non-hydrogen) atoms.